The van der Waals surface area contributed by atoms with Crippen LogP contribution in [0.1, 0.15) is 33.6 Å². The summed E-state index contributed by atoms with van der Waals surface area (Å²) in [6.07, 6.45) is 5.00. The normalized spacial score (nSPS) is 14.8. The summed E-state index contributed by atoms with van der Waals surface area (Å²) in [7, 11) is -0.420. The van der Waals surface area contributed by atoms with Gasteiger partial charge in [0.1, 0.15) is 17.3 Å². The maximum absolute atomic E-state index is 11.7. The molecule has 0 aliphatic carbocycles. The van der Waals surface area contributed by atoms with E-state index in [1.165, 1.54) is 0 Å². The van der Waals surface area contributed by atoms with Crippen molar-refractivity contribution in [3.63, 3.8) is 0 Å². The Balaban J connectivity index is 1.52. The lowest BCUT2D eigenvalue weighted by Gasteiger charge is -2.33. The maximum Gasteiger partial charge on any atom is 0.264 e. The number of hydrogen-bond donors (Lipinski definition) is 1. The van der Waals surface area contributed by atoms with Gasteiger partial charge in [0.25, 0.3) is 10.1 Å². The van der Waals surface area contributed by atoms with Crippen molar-refractivity contribution in [3.8, 4) is 11.5 Å². The van der Waals surface area contributed by atoms with Crippen LogP contribution in [0.15, 0.2) is 42.6 Å². The van der Waals surface area contributed by atoms with Gasteiger partial charge >= 0.3 is 0 Å². The first-order valence-electron chi connectivity index (χ1n) is 14.2. The van der Waals surface area contributed by atoms with Crippen LogP contribution < -0.4 is 24.6 Å². The summed E-state index contributed by atoms with van der Waals surface area (Å²) in [5.74, 6) is 2.66. The molecule has 1 fully saturated rings. The van der Waals surface area contributed by atoms with Gasteiger partial charge in [-0.05, 0) is 57.7 Å². The van der Waals surface area contributed by atoms with E-state index in [0.29, 0.717) is 24.1 Å². The van der Waals surface area contributed by atoms with Gasteiger partial charge < -0.3 is 24.0 Å². The van der Waals surface area contributed by atoms with Crippen molar-refractivity contribution >= 4 is 38.3 Å². The molecule has 230 valence electrons. The largest absolute Gasteiger partial charge is 0.497 e. The van der Waals surface area contributed by atoms with Gasteiger partial charge in [0, 0.05) is 55.8 Å². The number of anilines is 3. The molecule has 12 heteroatoms. The highest BCUT2D eigenvalue weighted by Crippen LogP contribution is 2.34. The van der Waals surface area contributed by atoms with Crippen LogP contribution in [0, 0.1) is 5.92 Å². The zero-order valence-electron chi connectivity index (χ0n) is 25.4. The van der Waals surface area contributed by atoms with E-state index in [2.05, 4.69) is 36.0 Å². The molecule has 4 rings (SSSR count). The summed E-state index contributed by atoms with van der Waals surface area (Å²) in [5.41, 5.74) is 2.94. The number of rotatable bonds is 13. The van der Waals surface area contributed by atoms with Gasteiger partial charge in [0.05, 0.1) is 56.6 Å². The molecular weight excluding hydrogens is 558 g/mol. The molecule has 1 aliphatic heterocycles. The molecule has 0 bridgehead atoms. The van der Waals surface area contributed by atoms with Crippen LogP contribution in [-0.4, -0.2) is 84.0 Å². The SMILES string of the molecule is COc1cc(OC)cc(N(CCOS(C)(=O)=O)c2ccc3ncc(N4CCC(CNCOC(C)(C)C)CC4)nc3c2)c1. The molecule has 1 aromatic heterocycles. The van der Waals surface area contributed by atoms with Gasteiger partial charge in [0.2, 0.25) is 0 Å². The van der Waals surface area contributed by atoms with Crippen molar-refractivity contribution in [1.82, 2.24) is 15.3 Å². The fourth-order valence-electron chi connectivity index (χ4n) is 4.84. The van der Waals surface area contributed by atoms with Crippen LogP contribution in [-0.2, 0) is 19.0 Å². The molecule has 3 aromatic rings. The van der Waals surface area contributed by atoms with Gasteiger partial charge in [-0.15, -0.1) is 0 Å². The number of ether oxygens (including phenoxy) is 3. The third-order valence-electron chi connectivity index (χ3n) is 7.06. The highest BCUT2D eigenvalue weighted by atomic mass is 32.2. The molecule has 1 N–H and O–H groups in total. The molecule has 42 heavy (non-hydrogen) atoms. The van der Waals surface area contributed by atoms with Gasteiger partial charge in [-0.25, -0.2) is 4.98 Å². The minimum absolute atomic E-state index is 0.0335. The third kappa shape index (κ3) is 9.15. The number of nitrogens with one attached hydrogen (secondary N) is 1. The van der Waals surface area contributed by atoms with Crippen LogP contribution in [0.4, 0.5) is 17.2 Å². The number of nitrogens with zero attached hydrogens (tertiary/aromatic N) is 4. The van der Waals surface area contributed by atoms with Gasteiger partial charge in [-0.3, -0.25) is 14.5 Å². The molecule has 0 amide bonds. The fraction of sp³-hybridized carbons (Fsp3) is 0.533. The van der Waals surface area contributed by atoms with Crippen molar-refractivity contribution in [2.45, 2.75) is 39.2 Å². The molecule has 1 aliphatic rings. The molecule has 2 aromatic carbocycles. The average Bonchev–Trinajstić information content (AvgIpc) is 2.96. The minimum atomic E-state index is -3.59. The van der Waals surface area contributed by atoms with Crippen molar-refractivity contribution in [3.05, 3.63) is 42.6 Å². The van der Waals surface area contributed by atoms with Crippen LogP contribution in [0.25, 0.3) is 11.0 Å². The minimum Gasteiger partial charge on any atom is -0.497 e. The second-order valence-electron chi connectivity index (χ2n) is 11.4. The predicted molar refractivity (Wildman–Crippen MR) is 166 cm³/mol. The van der Waals surface area contributed by atoms with Crippen LogP contribution >= 0.6 is 0 Å². The van der Waals surface area contributed by atoms with Crippen LogP contribution in [0.5, 0.6) is 11.5 Å². The molecule has 0 radical (unpaired) electrons. The van der Waals surface area contributed by atoms with Crippen molar-refractivity contribution < 1.29 is 26.8 Å². The number of benzene rings is 2. The van der Waals surface area contributed by atoms with E-state index < -0.39 is 10.1 Å². The maximum atomic E-state index is 11.7. The topological polar surface area (TPSA) is 115 Å². The number of hydrogen-bond acceptors (Lipinski definition) is 11. The number of piperidine rings is 1. The summed E-state index contributed by atoms with van der Waals surface area (Å²) in [6, 6.07) is 11.3. The molecule has 2 heterocycles. The lowest BCUT2D eigenvalue weighted by Crippen LogP contribution is -2.38. The summed E-state index contributed by atoms with van der Waals surface area (Å²) < 4.78 is 45.1. The second-order valence-corrected chi connectivity index (χ2v) is 13.1. The molecular formula is C30H43N5O6S. The highest BCUT2D eigenvalue weighted by molar-refractivity contribution is 7.85. The molecule has 0 unspecified atom stereocenters. The Kier molecular flexibility index (Phi) is 10.5. The van der Waals surface area contributed by atoms with Crippen molar-refractivity contribution in [2.24, 2.45) is 5.92 Å². The second kappa shape index (κ2) is 13.9. The Labute approximate surface area is 249 Å². The van der Waals surface area contributed by atoms with Crippen LogP contribution in [0.2, 0.25) is 0 Å². The molecule has 0 spiro atoms. The number of methoxy groups -OCH3 is 2. The van der Waals surface area contributed by atoms with E-state index in [9.17, 15) is 8.42 Å². The lowest BCUT2D eigenvalue weighted by atomic mass is 9.97. The lowest BCUT2D eigenvalue weighted by molar-refractivity contribution is -0.0146. The average molecular weight is 602 g/mol. The van der Waals surface area contributed by atoms with E-state index in [4.69, 9.17) is 23.4 Å². The van der Waals surface area contributed by atoms with Crippen molar-refractivity contribution in [2.75, 3.05) is 69.8 Å². The quantitative estimate of drug-likeness (QED) is 0.171. The number of fused-ring (bicyclic) bond motifs is 1. The highest BCUT2D eigenvalue weighted by Gasteiger charge is 2.21. The standard InChI is InChI=1S/C30H43N5O6S/c1-30(2,3)40-21-31-19-22-9-11-34(12-10-22)29-20-32-27-8-7-23(17-28(27)33-29)35(13-14-41-42(6,36)37)24-15-25(38-4)18-26(16-24)39-5/h7-8,15-18,20,22,31H,9-14,19,21H2,1-6H3. The first-order chi connectivity index (χ1) is 19.9. The van der Waals surface area contributed by atoms with Gasteiger partial charge in [-0.1, -0.05) is 0 Å². The Bertz CT molecular complexity index is 1420. The van der Waals surface area contributed by atoms with Gasteiger partial charge in [-0.2, -0.15) is 8.42 Å². The molecule has 0 saturated carbocycles. The fourth-order valence-corrected chi connectivity index (χ4v) is 5.22. The third-order valence-corrected chi connectivity index (χ3v) is 7.66. The van der Waals surface area contributed by atoms with E-state index in [0.717, 1.165) is 67.0 Å². The van der Waals surface area contributed by atoms with E-state index in [-0.39, 0.29) is 18.8 Å². The molecule has 0 atom stereocenters. The Morgan fingerprint density at radius 2 is 1.69 bits per heavy atom. The number of aromatic nitrogens is 2. The Hall–Kier alpha value is -3.19. The molecule has 1 saturated heterocycles. The smallest absolute Gasteiger partial charge is 0.264 e. The predicted octanol–water partition coefficient (Wildman–Crippen LogP) is 4.34. The van der Waals surface area contributed by atoms with E-state index >= 15 is 0 Å². The summed E-state index contributed by atoms with van der Waals surface area (Å²) >= 11 is 0. The first kappa shape index (κ1) is 31.7. The van der Waals surface area contributed by atoms with E-state index in [1.54, 1.807) is 20.3 Å². The summed E-state index contributed by atoms with van der Waals surface area (Å²) in [6.45, 7) is 9.71. The molecule has 11 nitrogen and oxygen atoms in total. The Morgan fingerprint density at radius 3 is 2.31 bits per heavy atom. The van der Waals surface area contributed by atoms with E-state index in [1.807, 2.05) is 41.4 Å². The monoisotopic (exact) mass is 601 g/mol. The Morgan fingerprint density at radius 1 is 1.00 bits per heavy atom. The zero-order chi connectivity index (χ0) is 30.3. The zero-order valence-corrected chi connectivity index (χ0v) is 26.2. The first-order valence-corrected chi connectivity index (χ1v) is 16.0. The van der Waals surface area contributed by atoms with Crippen LogP contribution in [0.3, 0.4) is 0 Å². The summed E-state index contributed by atoms with van der Waals surface area (Å²) in [4.78, 5) is 13.9. The van der Waals surface area contributed by atoms with Gasteiger partial charge in [0.15, 0.2) is 0 Å². The van der Waals surface area contributed by atoms with Crippen molar-refractivity contribution in [1.29, 1.82) is 0 Å². The summed E-state index contributed by atoms with van der Waals surface area (Å²) in [5, 5.41) is 3.43.